The zero-order valence-corrected chi connectivity index (χ0v) is 30.5. The lowest BCUT2D eigenvalue weighted by Crippen LogP contribution is -2.21. The van der Waals surface area contributed by atoms with Crippen LogP contribution in [0, 0.1) is 10.1 Å². The van der Waals surface area contributed by atoms with Gasteiger partial charge in [-0.15, -0.1) is 0 Å². The number of phenols is 1. The van der Waals surface area contributed by atoms with E-state index in [9.17, 15) is 53.2 Å². The first-order chi connectivity index (χ1) is 28.6. The van der Waals surface area contributed by atoms with Crippen molar-refractivity contribution in [2.45, 2.75) is 0 Å². The normalized spacial score (nSPS) is 12.2. The minimum atomic E-state index is -1.00. The minimum Gasteiger partial charge on any atom is -0.507 e. The van der Waals surface area contributed by atoms with Crippen molar-refractivity contribution in [1.29, 1.82) is 0 Å². The number of oxazole rings is 2. The van der Waals surface area contributed by atoms with Crippen LogP contribution >= 0.6 is 11.6 Å². The summed E-state index contributed by atoms with van der Waals surface area (Å²) in [7, 11) is -1.00. The topological polar surface area (TPSA) is 276 Å². The number of carbonyl (C=O) groups is 5. The van der Waals surface area contributed by atoms with Crippen molar-refractivity contribution in [2.75, 3.05) is 7.15 Å². The molecule has 0 bridgehead atoms. The zero-order chi connectivity index (χ0) is 43.7. The molecule has 7 aromatic rings. The average Bonchev–Trinajstić information content (AvgIpc) is 3.82. The van der Waals surface area contributed by atoms with Crippen molar-refractivity contribution in [3.05, 3.63) is 169 Å². The number of nitro groups is 1. The Morgan fingerprint density at radius 1 is 0.797 bits per heavy atom. The number of alkyl halides is 1. The zero-order valence-electron chi connectivity index (χ0n) is 30.7. The molecule has 0 amide bonds. The smallest absolute Gasteiger partial charge is 0.417 e. The Bertz CT molecular complexity index is 2970. The fourth-order valence-corrected chi connectivity index (χ4v) is 5.71. The average molecular weight is 826 g/mol. The Hall–Kier alpha value is -8.25. The molecule has 0 aliphatic heterocycles. The van der Waals surface area contributed by atoms with Crippen molar-refractivity contribution < 1.29 is 53.3 Å². The number of nitrogens with zero attached hydrogens (tertiary/aromatic N) is 1. The van der Waals surface area contributed by atoms with E-state index in [0.29, 0.717) is 33.2 Å². The summed E-state index contributed by atoms with van der Waals surface area (Å²) < 4.78 is 29.8. The quantitative estimate of drug-likeness (QED) is 0.0603. The van der Waals surface area contributed by atoms with Crippen molar-refractivity contribution in [3.63, 3.8) is 0 Å². The van der Waals surface area contributed by atoms with Gasteiger partial charge in [0.2, 0.25) is 11.6 Å². The second-order valence-electron chi connectivity index (χ2n) is 11.7. The van der Waals surface area contributed by atoms with Crippen molar-refractivity contribution in [1.82, 2.24) is 9.97 Å². The number of nitrogens with one attached hydrogen (secondary N) is 2. The van der Waals surface area contributed by atoms with Crippen molar-refractivity contribution in [3.8, 4) is 22.8 Å². The van der Waals surface area contributed by atoms with Crippen LogP contribution in [0.15, 0.2) is 133 Å². The number of nitro benzene ring substituents is 1. The number of aromatic nitrogens is 2. The molecule has 0 atom stereocenters. The van der Waals surface area contributed by atoms with Gasteiger partial charge in [0.25, 0.3) is 11.5 Å². The van der Waals surface area contributed by atoms with Gasteiger partial charge >= 0.3 is 16.9 Å². The van der Waals surface area contributed by atoms with Gasteiger partial charge in [-0.25, -0.2) is 14.4 Å². The highest BCUT2D eigenvalue weighted by Crippen LogP contribution is 2.32. The van der Waals surface area contributed by atoms with E-state index in [4.69, 9.17) is 27.5 Å². The maximum atomic E-state index is 11.7. The molecular formula is C40H26ClFN4O13. The molecule has 0 saturated carbocycles. The maximum absolute atomic E-state index is 11.7. The van der Waals surface area contributed by atoms with Gasteiger partial charge in [0.05, 0.1) is 24.7 Å². The summed E-state index contributed by atoms with van der Waals surface area (Å²) in [6.45, 7) is 0. The Balaban J connectivity index is 0.000000149. The van der Waals surface area contributed by atoms with E-state index in [0.717, 1.165) is 5.39 Å². The number of phenolic OH excluding ortho intramolecular Hbond substituents is 1. The van der Waals surface area contributed by atoms with Gasteiger partial charge in [0.1, 0.15) is 17.2 Å². The molecule has 0 saturated heterocycles. The first-order valence-electron chi connectivity index (χ1n) is 17.1. The first kappa shape index (κ1) is 40.4. The molecule has 9 rings (SSSR count). The number of hydrogen-bond donors (Lipinski definition) is 4. The van der Waals surface area contributed by atoms with Gasteiger partial charge in [0.15, 0.2) is 17.1 Å². The lowest BCUT2D eigenvalue weighted by atomic mass is 9.91. The summed E-state index contributed by atoms with van der Waals surface area (Å²) in [4.78, 5) is 92.7. The van der Waals surface area contributed by atoms with E-state index in [1.54, 1.807) is 54.6 Å². The maximum Gasteiger partial charge on any atom is 0.417 e. The highest BCUT2D eigenvalue weighted by molar-refractivity contribution is 6.61. The molecule has 5 aromatic carbocycles. The van der Waals surface area contributed by atoms with Crippen LogP contribution < -0.4 is 22.0 Å². The second kappa shape index (κ2) is 18.1. The molecule has 17 nitrogen and oxygen atoms in total. The van der Waals surface area contributed by atoms with Crippen LogP contribution in [0.1, 0.15) is 42.9 Å². The Morgan fingerprint density at radius 3 is 1.95 bits per heavy atom. The number of nitrogens with two attached hydrogens (primary N) is 1. The number of ketones is 4. The number of ether oxygens (including phenoxy) is 1. The predicted octanol–water partition coefficient (Wildman–Crippen LogP) is 6.82. The van der Waals surface area contributed by atoms with Crippen LogP contribution in [0.2, 0.25) is 0 Å². The van der Waals surface area contributed by atoms with Crippen LogP contribution in [-0.2, 0) is 0 Å². The van der Waals surface area contributed by atoms with Crippen LogP contribution in [0.5, 0.6) is 11.5 Å². The summed E-state index contributed by atoms with van der Waals surface area (Å²) >= 11 is 4.92. The SMILES string of the molecule is NC1=CC(=O)c2ccccc2C1=O.O=C(Cl)Oc1ccc([N+](=O)[O-])cc1.O=C1C(=O)c2[nH]c(=O)oc2-c2ccccc21.O=c1[nH]c2cc(O)c3ccccc3c2o1.[2H]CF. The van der Waals surface area contributed by atoms with Crippen LogP contribution in [0.4, 0.5) is 14.9 Å². The van der Waals surface area contributed by atoms with Crippen LogP contribution in [0.3, 0.4) is 0 Å². The summed E-state index contributed by atoms with van der Waals surface area (Å²) in [5, 5.41) is 21.3. The van der Waals surface area contributed by atoms with Gasteiger partial charge in [-0.1, -0.05) is 72.8 Å². The highest BCUT2D eigenvalue weighted by Gasteiger charge is 2.34. The third-order valence-electron chi connectivity index (χ3n) is 8.13. The summed E-state index contributed by atoms with van der Waals surface area (Å²) in [5.74, 6) is -2.63. The second-order valence-corrected chi connectivity index (χ2v) is 12.0. The van der Waals surface area contributed by atoms with Gasteiger partial charge in [0, 0.05) is 68.9 Å². The molecule has 2 aromatic heterocycles. The fraction of sp³-hybridized carbons (Fsp3) is 0.0250. The molecule has 0 spiro atoms. The number of aromatic amines is 2. The van der Waals surface area contributed by atoms with E-state index in [2.05, 4.69) is 14.7 Å². The van der Waals surface area contributed by atoms with Crippen molar-refractivity contribution >= 4 is 67.7 Å². The molecule has 0 fully saturated rings. The number of Topliss-reactive ketones (excluding diaryl/α,β-unsaturated/α-hetero) is 3. The highest BCUT2D eigenvalue weighted by atomic mass is 35.5. The molecular weight excluding hydrogens is 799 g/mol. The molecule has 298 valence electrons. The Labute approximate surface area is 334 Å². The molecule has 0 unspecified atom stereocenters. The number of fused-ring (bicyclic) bond motifs is 7. The molecule has 19 heteroatoms. The number of hydrogen-bond acceptors (Lipinski definition) is 14. The molecule has 5 N–H and O–H groups in total. The molecule has 59 heavy (non-hydrogen) atoms. The van der Waals surface area contributed by atoms with E-state index in [1.807, 2.05) is 12.1 Å². The van der Waals surface area contributed by atoms with Crippen LogP contribution in [-0.4, -0.2) is 55.7 Å². The number of H-pyrrole nitrogens is 2. The molecule has 0 radical (unpaired) electrons. The summed E-state index contributed by atoms with van der Waals surface area (Å²) in [5.41, 5.74) is 6.84. The number of allylic oxidation sites excluding steroid dienone is 2. The van der Waals surface area contributed by atoms with Gasteiger partial charge in [-0.3, -0.25) is 43.7 Å². The van der Waals surface area contributed by atoms with Gasteiger partial charge in [-0.2, -0.15) is 0 Å². The lowest BCUT2D eigenvalue weighted by Gasteiger charge is -2.10. The Morgan fingerprint density at radius 2 is 1.34 bits per heavy atom. The van der Waals surface area contributed by atoms with E-state index in [1.165, 1.54) is 42.5 Å². The number of carbonyl (C=O) groups excluding carboxylic acids is 5. The fourth-order valence-electron chi connectivity index (χ4n) is 5.62. The lowest BCUT2D eigenvalue weighted by molar-refractivity contribution is -0.384. The number of rotatable bonds is 2. The Kier molecular flexibility index (Phi) is 12.4. The summed E-state index contributed by atoms with van der Waals surface area (Å²) in [6, 6.07) is 26.9. The van der Waals surface area contributed by atoms with Gasteiger partial charge < -0.3 is 24.4 Å². The molecule has 2 heterocycles. The third-order valence-corrected chi connectivity index (χ3v) is 8.21. The monoisotopic (exact) mass is 825 g/mol. The van der Waals surface area contributed by atoms with E-state index >= 15 is 0 Å². The van der Waals surface area contributed by atoms with Gasteiger partial charge in [-0.05, 0) is 12.1 Å². The predicted molar refractivity (Wildman–Crippen MR) is 209 cm³/mol. The largest absolute Gasteiger partial charge is 0.507 e. The molecule has 2 aliphatic rings. The number of non-ortho nitro benzene ring substituents is 1. The first-order valence-corrected chi connectivity index (χ1v) is 16.8. The third kappa shape index (κ3) is 9.25. The van der Waals surface area contributed by atoms with Crippen molar-refractivity contribution in [2.24, 2.45) is 5.73 Å². The molecule has 2 aliphatic carbocycles. The van der Waals surface area contributed by atoms with E-state index < -0.39 is 40.6 Å². The number of aromatic hydroxyl groups is 1. The number of benzene rings is 5. The van der Waals surface area contributed by atoms with Crippen LogP contribution in [0.25, 0.3) is 33.2 Å². The number of halogens is 2. The minimum absolute atomic E-state index is 0.0173. The van der Waals surface area contributed by atoms with E-state index in [-0.39, 0.29) is 51.5 Å². The summed E-state index contributed by atoms with van der Waals surface area (Å²) in [6.07, 6.45) is 1.17. The standard InChI is InChI=1S/C11H5NO4.C11H7NO3.C10H7NO2.C7H4ClNO4.CH3F/c13-8-5-3-1-2-4-6(5)10-7(9(8)14)12-11(15)16-10;13-9-5-8-10(15-11(14)12-8)7-4-2-1-3-6(7)9;11-8-5-9(12)6-3-1-2-4-7(6)10(8)13;8-7(10)13-6-3-1-5(2-4-6)9(11)12;1-2/h1-4H,(H,12,15);1-5,13H,(H,12,14);1-5H,11H2;1-4H;1H3/i;;;;1D.